The molecule has 1 heterocycles. The average molecular weight is 938 g/mol. The van der Waals surface area contributed by atoms with Gasteiger partial charge >= 0.3 is 166 Å². The van der Waals surface area contributed by atoms with Crippen molar-refractivity contribution >= 4 is 11.4 Å². The maximum atomic E-state index is 11.7. The van der Waals surface area contributed by atoms with Crippen LogP contribution in [-0.4, -0.2) is 4.70 Å². The number of benzene rings is 2. The zero-order valence-corrected chi connectivity index (χ0v) is 45.1. The summed E-state index contributed by atoms with van der Waals surface area (Å²) in [6.45, 7) is 13.6. The molecule has 2 aromatic rings. The van der Waals surface area contributed by atoms with Crippen molar-refractivity contribution in [2.75, 3.05) is 0 Å². The summed E-state index contributed by atoms with van der Waals surface area (Å²) in [6.07, 6.45) is 52.0. The van der Waals surface area contributed by atoms with E-state index in [9.17, 15) is 5.53 Å². The quantitative estimate of drug-likeness (QED) is 0.0360. The van der Waals surface area contributed by atoms with Crippen LogP contribution in [0.5, 0.6) is 0 Å². The van der Waals surface area contributed by atoms with Crippen LogP contribution in [0.15, 0.2) is 59.7 Å². The average Bonchev–Trinajstić information content (AvgIpc) is 3.61. The maximum absolute atomic E-state index is 11.7. The van der Waals surface area contributed by atoms with Crippen LogP contribution in [-0.2, 0) is 27.3 Å². The summed E-state index contributed by atoms with van der Waals surface area (Å²) in [5.74, 6) is 0. The predicted molar refractivity (Wildman–Crippen MR) is 288 cm³/mol. The van der Waals surface area contributed by atoms with Crippen LogP contribution < -0.4 is 0 Å². The standard InChI is InChI=1S/C32H44N2.2C15H31.Ni/c1-5-9-12-13-22-30-29(21-11-7-3)32(28-20-15-18-26(24-28)16-10-6-2)34(33)31(30)27-19-14-17-25(8-4)23-27;2*1-3-5-7-9-11-13-15-14-12-10-8-6-4-2;/h14-15,17-20,23-24H,5-13,16,21-22H2,1-4H3;2*1,3-15H2,2H3;. The van der Waals surface area contributed by atoms with Crippen LogP contribution >= 0.6 is 0 Å². The first-order chi connectivity index (χ1) is 32.1. The summed E-state index contributed by atoms with van der Waals surface area (Å²) in [5, 5.41) is 2.87. The molecule has 0 saturated heterocycles. The Hall–Kier alpha value is -1.99. The Labute approximate surface area is 412 Å². The minimum atomic E-state index is 1.00. The van der Waals surface area contributed by atoms with Crippen LogP contribution in [0.2, 0.25) is 10.8 Å². The fourth-order valence-corrected chi connectivity index (χ4v) is 10.7. The zero-order chi connectivity index (χ0) is 46.8. The molecular formula is C62H106N2Ni. The smallest absolute Gasteiger partial charge is 0.0654 e. The summed E-state index contributed by atoms with van der Waals surface area (Å²) in [7, 11) is 0. The van der Waals surface area contributed by atoms with Gasteiger partial charge in [-0.3, -0.25) is 0 Å². The molecule has 0 aromatic heterocycles. The van der Waals surface area contributed by atoms with Gasteiger partial charge in [0, 0.05) is 22.3 Å². The molecule has 0 aliphatic carbocycles. The van der Waals surface area contributed by atoms with Gasteiger partial charge in [0.05, 0.1) is 0 Å². The van der Waals surface area contributed by atoms with Crippen LogP contribution in [0.1, 0.15) is 295 Å². The summed E-state index contributed by atoms with van der Waals surface area (Å²) < 4.78 is 1.54. The molecule has 2 aromatic carbocycles. The summed E-state index contributed by atoms with van der Waals surface area (Å²) in [5.41, 5.74) is 21.4. The number of unbranched alkanes of at least 4 members (excludes halogenated alkanes) is 29. The van der Waals surface area contributed by atoms with E-state index in [2.05, 4.69) is 90.1 Å². The minimum absolute atomic E-state index is 1.00. The molecule has 0 radical (unpaired) electrons. The number of nitrogens with zero attached hydrogens (tertiary/aromatic N) is 2. The van der Waals surface area contributed by atoms with E-state index in [1.165, 1.54) is 243 Å². The monoisotopic (exact) mass is 937 g/mol. The first-order valence-electron chi connectivity index (χ1n) is 28.6. The third-order valence-corrected chi connectivity index (χ3v) is 15.1. The number of rotatable bonds is 42. The molecule has 0 N–H and O–H groups in total. The molecule has 374 valence electrons. The normalized spacial score (nSPS) is 12.8. The van der Waals surface area contributed by atoms with Crippen molar-refractivity contribution in [2.24, 2.45) is 0 Å². The molecule has 0 saturated carbocycles. The molecule has 0 amide bonds. The summed E-state index contributed by atoms with van der Waals surface area (Å²) in [4.78, 5) is 0. The van der Waals surface area contributed by atoms with E-state index >= 15 is 0 Å². The Morgan fingerprint density at radius 3 is 1.08 bits per heavy atom. The molecule has 2 nitrogen and oxygen atoms in total. The molecule has 3 rings (SSSR count). The van der Waals surface area contributed by atoms with E-state index in [1.54, 1.807) is 0 Å². The van der Waals surface area contributed by atoms with Crippen LogP contribution in [0, 0.1) is 0 Å². The van der Waals surface area contributed by atoms with Gasteiger partial charge in [0.2, 0.25) is 11.4 Å². The SMILES string of the molecule is CCCCCCC1=C(c2cccc(CC)c2)[N+](=[N-])C(c2cccc(CCCC)c2)=C1CCCC.CCCCCCCCCCCCCC[CH2][Ni][CH2]CCCCCCCCCCCCCC. The molecule has 0 unspecified atom stereocenters. The van der Waals surface area contributed by atoms with Gasteiger partial charge in [0.15, 0.2) is 0 Å². The van der Waals surface area contributed by atoms with Gasteiger partial charge in [-0.05, 0) is 80.3 Å². The van der Waals surface area contributed by atoms with Gasteiger partial charge in [0.25, 0.3) is 0 Å². The number of allylic oxidation sites excluding steroid dienone is 2. The molecule has 3 heteroatoms. The Morgan fingerprint density at radius 1 is 0.354 bits per heavy atom. The minimum Gasteiger partial charge on any atom is -0.0654 e. The van der Waals surface area contributed by atoms with Gasteiger partial charge in [-0.1, -0.05) is 124 Å². The fraction of sp³-hybridized carbons (Fsp3) is 0.742. The predicted octanol–water partition coefficient (Wildman–Crippen LogP) is 22.0. The van der Waals surface area contributed by atoms with Crippen molar-refractivity contribution < 1.29 is 19.1 Å². The molecule has 1 aliphatic rings. The van der Waals surface area contributed by atoms with Crippen molar-refractivity contribution in [3.8, 4) is 0 Å². The van der Waals surface area contributed by atoms with E-state index in [0.717, 1.165) is 61.0 Å². The Bertz CT molecular complexity index is 1470. The third-order valence-electron chi connectivity index (χ3n) is 13.7. The first-order valence-corrected chi connectivity index (χ1v) is 30.0. The van der Waals surface area contributed by atoms with E-state index in [-0.39, 0.29) is 0 Å². The van der Waals surface area contributed by atoms with E-state index in [4.69, 9.17) is 0 Å². The number of hydrogen-bond donors (Lipinski definition) is 0. The number of aryl methyl sites for hydroxylation is 2. The van der Waals surface area contributed by atoms with Crippen LogP contribution in [0.25, 0.3) is 16.9 Å². The second-order valence-electron chi connectivity index (χ2n) is 19.7. The van der Waals surface area contributed by atoms with Gasteiger partial charge in [0.1, 0.15) is 0 Å². The Balaban J connectivity index is 0.000000450. The molecule has 0 spiro atoms. The van der Waals surface area contributed by atoms with E-state index in [0.29, 0.717) is 0 Å². The van der Waals surface area contributed by atoms with Crippen molar-refractivity contribution in [1.29, 1.82) is 0 Å². The van der Waals surface area contributed by atoms with Crippen LogP contribution in [0.3, 0.4) is 0 Å². The van der Waals surface area contributed by atoms with Crippen LogP contribution in [0.4, 0.5) is 0 Å². The summed E-state index contributed by atoms with van der Waals surface area (Å²) >= 11 is 2.04. The zero-order valence-electron chi connectivity index (χ0n) is 44.1. The van der Waals surface area contributed by atoms with Gasteiger partial charge < -0.3 is 5.53 Å². The van der Waals surface area contributed by atoms with E-state index in [1.807, 2.05) is 14.4 Å². The molecule has 65 heavy (non-hydrogen) atoms. The Kier molecular flexibility index (Phi) is 38.3. The molecule has 0 fully saturated rings. The Morgan fingerprint density at radius 2 is 0.677 bits per heavy atom. The molecule has 1 aliphatic heterocycles. The topological polar surface area (TPSA) is 25.3 Å². The first kappa shape index (κ1) is 59.1. The molecule has 0 atom stereocenters. The molecule has 0 bridgehead atoms. The van der Waals surface area contributed by atoms with Gasteiger partial charge in [-0.15, -0.1) is 0 Å². The van der Waals surface area contributed by atoms with Crippen molar-refractivity contribution in [3.63, 3.8) is 0 Å². The van der Waals surface area contributed by atoms with Gasteiger partial charge in [-0.2, -0.15) is 0 Å². The third kappa shape index (κ3) is 27.6. The van der Waals surface area contributed by atoms with Gasteiger partial charge in [-0.25, -0.2) is 4.70 Å². The van der Waals surface area contributed by atoms with Crippen molar-refractivity contribution in [1.82, 2.24) is 0 Å². The number of hydrogen-bond acceptors (Lipinski definition) is 0. The van der Waals surface area contributed by atoms with E-state index < -0.39 is 0 Å². The summed E-state index contributed by atoms with van der Waals surface area (Å²) in [6, 6.07) is 17.6. The second-order valence-corrected chi connectivity index (χ2v) is 21.2. The van der Waals surface area contributed by atoms with Crippen molar-refractivity contribution in [2.45, 2.75) is 296 Å². The second kappa shape index (κ2) is 42.1. The van der Waals surface area contributed by atoms with Crippen molar-refractivity contribution in [3.05, 3.63) is 87.5 Å². The molecular weight excluding hydrogens is 831 g/mol. The fourth-order valence-electron chi connectivity index (χ4n) is 9.49.